The van der Waals surface area contributed by atoms with Gasteiger partial charge in [-0.25, -0.2) is 4.39 Å². The molecule has 0 saturated carbocycles. The van der Waals surface area contributed by atoms with Crippen LogP contribution in [0.4, 0.5) is 4.39 Å². The van der Waals surface area contributed by atoms with E-state index in [0.717, 1.165) is 10.9 Å². The van der Waals surface area contributed by atoms with Crippen LogP contribution in [0.2, 0.25) is 0 Å². The molecule has 0 amide bonds. The second-order valence-corrected chi connectivity index (χ2v) is 4.31. The van der Waals surface area contributed by atoms with Crippen LogP contribution < -0.4 is 0 Å². The predicted molar refractivity (Wildman–Crippen MR) is 67.0 cm³/mol. The van der Waals surface area contributed by atoms with Crippen molar-refractivity contribution in [2.45, 2.75) is 13.5 Å². The fraction of sp³-hybridized carbons (Fsp3) is 0.143. The van der Waals surface area contributed by atoms with Crippen molar-refractivity contribution in [3.63, 3.8) is 0 Å². The van der Waals surface area contributed by atoms with Crippen LogP contribution in [0.25, 0.3) is 11.0 Å². The van der Waals surface area contributed by atoms with Crippen molar-refractivity contribution >= 4 is 11.0 Å². The lowest BCUT2D eigenvalue weighted by Gasteiger charge is -2.05. The normalized spacial score (nSPS) is 10.8. The summed E-state index contributed by atoms with van der Waals surface area (Å²) in [7, 11) is 0. The van der Waals surface area contributed by atoms with E-state index in [2.05, 4.69) is 5.10 Å². The first-order valence-corrected chi connectivity index (χ1v) is 5.78. The van der Waals surface area contributed by atoms with E-state index in [1.807, 2.05) is 12.1 Å². The van der Waals surface area contributed by atoms with E-state index in [1.165, 1.54) is 6.07 Å². The number of nitriles is 1. The van der Waals surface area contributed by atoms with Crippen LogP contribution in [0.1, 0.15) is 16.9 Å². The lowest BCUT2D eigenvalue weighted by Crippen LogP contribution is -2.01. The molecule has 0 aliphatic carbocycles. The van der Waals surface area contributed by atoms with Gasteiger partial charge in [0.25, 0.3) is 0 Å². The average Bonchev–Trinajstić information content (AvgIpc) is 2.98. The maximum atomic E-state index is 13.9. The van der Waals surface area contributed by atoms with Gasteiger partial charge in [-0.05, 0) is 30.7 Å². The van der Waals surface area contributed by atoms with Crippen LogP contribution in [0.5, 0.6) is 0 Å². The fourth-order valence-electron chi connectivity index (χ4n) is 2.15. The van der Waals surface area contributed by atoms with Gasteiger partial charge in [0.15, 0.2) is 5.58 Å². The Morgan fingerprint density at radius 3 is 3.00 bits per heavy atom. The van der Waals surface area contributed by atoms with Crippen molar-refractivity contribution in [1.82, 2.24) is 9.78 Å². The van der Waals surface area contributed by atoms with Crippen molar-refractivity contribution in [2.75, 3.05) is 0 Å². The summed E-state index contributed by atoms with van der Waals surface area (Å²) in [5.41, 5.74) is 1.00. The highest BCUT2D eigenvalue weighted by molar-refractivity contribution is 5.86. The van der Waals surface area contributed by atoms with Crippen LogP contribution in [-0.2, 0) is 6.54 Å². The van der Waals surface area contributed by atoms with Gasteiger partial charge in [-0.15, -0.1) is 0 Å². The molecule has 0 radical (unpaired) electrons. The summed E-state index contributed by atoms with van der Waals surface area (Å²) in [6, 6.07) is 6.84. The van der Waals surface area contributed by atoms with E-state index in [1.54, 1.807) is 30.1 Å². The smallest absolute Gasteiger partial charge is 0.155 e. The number of nitrogens with zero attached hydrogens (tertiary/aromatic N) is 3. The first kappa shape index (κ1) is 11.5. The summed E-state index contributed by atoms with van der Waals surface area (Å²) in [6.07, 6.45) is 3.46. The second-order valence-electron chi connectivity index (χ2n) is 4.31. The summed E-state index contributed by atoms with van der Waals surface area (Å²) in [6.45, 7) is 2.21. The van der Waals surface area contributed by atoms with Crippen molar-refractivity contribution in [1.29, 1.82) is 5.26 Å². The fourth-order valence-corrected chi connectivity index (χ4v) is 2.15. The molecule has 19 heavy (non-hydrogen) atoms. The third-order valence-electron chi connectivity index (χ3n) is 2.97. The number of furan rings is 1. The van der Waals surface area contributed by atoms with Gasteiger partial charge in [-0.2, -0.15) is 10.4 Å². The molecule has 4 nitrogen and oxygen atoms in total. The molecule has 1 aromatic carbocycles. The Hall–Kier alpha value is -2.61. The van der Waals surface area contributed by atoms with Crippen LogP contribution in [0, 0.1) is 24.1 Å². The van der Waals surface area contributed by atoms with E-state index in [-0.39, 0.29) is 5.56 Å². The van der Waals surface area contributed by atoms with Gasteiger partial charge in [0.1, 0.15) is 23.2 Å². The molecule has 2 aromatic heterocycles. The summed E-state index contributed by atoms with van der Waals surface area (Å²) in [5, 5.41) is 13.9. The number of rotatable bonds is 2. The largest absolute Gasteiger partial charge is 0.460 e. The first-order valence-electron chi connectivity index (χ1n) is 5.78. The zero-order valence-electron chi connectivity index (χ0n) is 10.2. The highest BCUT2D eigenvalue weighted by Crippen LogP contribution is 2.28. The molecule has 0 N–H and O–H groups in total. The van der Waals surface area contributed by atoms with E-state index in [0.29, 0.717) is 17.9 Å². The standard InChI is InChI=1S/C14H10FN3O/c1-9-5-11-10(8-18-4-2-3-17-18)6-13(15)12(7-16)14(11)19-9/h2-6H,8H2,1H3. The highest BCUT2D eigenvalue weighted by atomic mass is 19.1. The molecular formula is C14H10FN3O. The van der Waals surface area contributed by atoms with Crippen LogP contribution >= 0.6 is 0 Å². The topological polar surface area (TPSA) is 54.8 Å². The minimum absolute atomic E-state index is 0.0488. The quantitative estimate of drug-likeness (QED) is 0.707. The molecule has 94 valence electrons. The second kappa shape index (κ2) is 4.25. The number of benzene rings is 1. The molecule has 3 rings (SSSR count). The van der Waals surface area contributed by atoms with Gasteiger partial charge in [-0.1, -0.05) is 0 Å². The number of aryl methyl sites for hydroxylation is 1. The van der Waals surface area contributed by atoms with Gasteiger partial charge in [-0.3, -0.25) is 4.68 Å². The summed E-state index contributed by atoms with van der Waals surface area (Å²) in [4.78, 5) is 0. The maximum Gasteiger partial charge on any atom is 0.155 e. The molecule has 0 atom stereocenters. The molecule has 5 heteroatoms. The van der Waals surface area contributed by atoms with Gasteiger partial charge in [0.05, 0.1) is 6.54 Å². The average molecular weight is 255 g/mol. The van der Waals surface area contributed by atoms with Gasteiger partial charge in [0, 0.05) is 17.8 Å². The molecule has 0 unspecified atom stereocenters. The Morgan fingerprint density at radius 2 is 2.32 bits per heavy atom. The van der Waals surface area contributed by atoms with Crippen molar-refractivity contribution in [2.24, 2.45) is 0 Å². The van der Waals surface area contributed by atoms with E-state index in [4.69, 9.17) is 9.68 Å². The monoisotopic (exact) mass is 255 g/mol. The molecule has 0 spiro atoms. The van der Waals surface area contributed by atoms with Gasteiger partial charge >= 0.3 is 0 Å². The predicted octanol–water partition coefficient (Wildman–Crippen LogP) is 3.00. The molecule has 0 bridgehead atoms. The van der Waals surface area contributed by atoms with E-state index in [9.17, 15) is 4.39 Å². The Balaban J connectivity index is 2.23. The minimum Gasteiger partial charge on any atom is -0.460 e. The zero-order chi connectivity index (χ0) is 13.4. The summed E-state index contributed by atoms with van der Waals surface area (Å²) < 4.78 is 21.0. The van der Waals surface area contributed by atoms with Crippen LogP contribution in [0.3, 0.4) is 0 Å². The third-order valence-corrected chi connectivity index (χ3v) is 2.97. The number of hydrogen-bond donors (Lipinski definition) is 0. The van der Waals surface area contributed by atoms with Crippen LogP contribution in [0.15, 0.2) is 35.0 Å². The third kappa shape index (κ3) is 1.87. The molecule has 0 aliphatic rings. The number of hydrogen-bond acceptors (Lipinski definition) is 3. The SMILES string of the molecule is Cc1cc2c(Cn3cccn3)cc(F)c(C#N)c2o1. The van der Waals surface area contributed by atoms with E-state index < -0.39 is 5.82 Å². The molecule has 2 heterocycles. The first-order chi connectivity index (χ1) is 9.19. The van der Waals surface area contributed by atoms with Gasteiger partial charge in [0.2, 0.25) is 0 Å². The molecular weight excluding hydrogens is 245 g/mol. The summed E-state index contributed by atoms with van der Waals surface area (Å²) in [5.74, 6) is 0.0883. The number of halogens is 1. The number of fused-ring (bicyclic) bond motifs is 1. The van der Waals surface area contributed by atoms with Crippen LogP contribution in [-0.4, -0.2) is 9.78 Å². The molecule has 0 saturated heterocycles. The van der Waals surface area contributed by atoms with Crippen molar-refractivity contribution in [3.05, 3.63) is 53.3 Å². The lowest BCUT2D eigenvalue weighted by atomic mass is 10.1. The Morgan fingerprint density at radius 1 is 1.47 bits per heavy atom. The Bertz CT molecular complexity index is 781. The highest BCUT2D eigenvalue weighted by Gasteiger charge is 2.16. The van der Waals surface area contributed by atoms with Crippen molar-refractivity contribution < 1.29 is 8.81 Å². The minimum atomic E-state index is -0.563. The molecule has 0 fully saturated rings. The van der Waals surface area contributed by atoms with Gasteiger partial charge < -0.3 is 4.42 Å². The lowest BCUT2D eigenvalue weighted by molar-refractivity contribution is 0.567. The molecule has 0 aliphatic heterocycles. The zero-order valence-corrected chi connectivity index (χ0v) is 10.2. The summed E-state index contributed by atoms with van der Waals surface area (Å²) >= 11 is 0. The maximum absolute atomic E-state index is 13.9. The molecule has 3 aromatic rings. The Labute approximate surface area is 108 Å². The number of aromatic nitrogens is 2. The van der Waals surface area contributed by atoms with E-state index >= 15 is 0 Å². The Kier molecular flexibility index (Phi) is 2.57. The van der Waals surface area contributed by atoms with Crippen molar-refractivity contribution in [3.8, 4) is 6.07 Å².